The fourth-order valence-corrected chi connectivity index (χ4v) is 14.4. The Kier molecular flexibility index (Phi) is 11.5. The van der Waals surface area contributed by atoms with E-state index in [0.29, 0.717) is 0 Å². The molecule has 0 aliphatic heterocycles. The van der Waals surface area contributed by atoms with Crippen LogP contribution >= 0.6 is 0 Å². The summed E-state index contributed by atoms with van der Waals surface area (Å²) in [6.45, 7) is 18.6. The first-order chi connectivity index (χ1) is 24.4. The summed E-state index contributed by atoms with van der Waals surface area (Å²) in [6, 6.07) is 35.9. The van der Waals surface area contributed by atoms with Crippen molar-refractivity contribution >= 4 is 20.2 Å². The predicted octanol–water partition coefficient (Wildman–Crippen LogP) is 14.9. The number of hydrogen-bond acceptors (Lipinski definition) is 0. The molecule has 1 heteroatoms. The van der Waals surface area contributed by atoms with E-state index in [1.807, 2.05) is 0 Å². The van der Waals surface area contributed by atoms with E-state index >= 15 is 0 Å². The second kappa shape index (κ2) is 15.7. The van der Waals surface area contributed by atoms with Gasteiger partial charge in [0.05, 0.1) is 0 Å². The molecule has 0 unspecified atom stereocenters. The molecule has 0 radical (unpaired) electrons. The van der Waals surface area contributed by atoms with Gasteiger partial charge in [-0.2, -0.15) is 0 Å². The fourth-order valence-electron chi connectivity index (χ4n) is 8.83. The van der Waals surface area contributed by atoms with Gasteiger partial charge >= 0.3 is 0 Å². The van der Waals surface area contributed by atoms with Gasteiger partial charge in [-0.25, -0.2) is 0 Å². The summed E-state index contributed by atoms with van der Waals surface area (Å²) in [5.41, 5.74) is 14.7. The molecule has 0 heterocycles. The lowest BCUT2D eigenvalue weighted by atomic mass is 9.86. The SMILES string of the molecule is CCCCCC[Si](CCCCCC)(C1=Cc2c(cccc2-c2ccc(C(C)(C)C)cc2)C1)C1=Cc2c(cccc2-c2ccc(C(C)(C)C)cc2)C1. The molecule has 0 bridgehead atoms. The summed E-state index contributed by atoms with van der Waals surface area (Å²) in [5, 5.41) is 3.61. The Balaban J connectivity index is 1.44. The molecule has 6 rings (SSSR count). The number of hydrogen-bond donors (Lipinski definition) is 0. The minimum atomic E-state index is -2.02. The molecule has 2 aliphatic rings. The highest BCUT2D eigenvalue weighted by molar-refractivity contribution is 6.94. The Morgan fingerprint density at radius 1 is 0.471 bits per heavy atom. The maximum absolute atomic E-state index is 2.73. The van der Waals surface area contributed by atoms with E-state index in [9.17, 15) is 0 Å². The summed E-state index contributed by atoms with van der Waals surface area (Å²) in [7, 11) is -2.02. The molecule has 51 heavy (non-hydrogen) atoms. The normalized spacial score (nSPS) is 14.4. The Morgan fingerprint density at radius 2 is 0.863 bits per heavy atom. The average molecular weight is 693 g/mol. The maximum Gasteiger partial charge on any atom is 0.109 e. The van der Waals surface area contributed by atoms with Gasteiger partial charge in [0.1, 0.15) is 8.07 Å². The van der Waals surface area contributed by atoms with Crippen LogP contribution < -0.4 is 0 Å². The summed E-state index contributed by atoms with van der Waals surface area (Å²) in [6.07, 6.45) is 18.4. The average Bonchev–Trinajstić information content (AvgIpc) is 3.76. The van der Waals surface area contributed by atoms with Gasteiger partial charge < -0.3 is 0 Å². The Bertz CT molecular complexity index is 1710. The molecular formula is C50H64Si. The molecular weight excluding hydrogens is 629 g/mol. The zero-order valence-electron chi connectivity index (χ0n) is 33.2. The predicted molar refractivity (Wildman–Crippen MR) is 228 cm³/mol. The first-order valence-corrected chi connectivity index (χ1v) is 22.7. The molecule has 0 spiro atoms. The van der Waals surface area contributed by atoms with Crippen molar-refractivity contribution in [2.24, 2.45) is 0 Å². The maximum atomic E-state index is 2.73. The highest BCUT2D eigenvalue weighted by Gasteiger charge is 2.43. The molecule has 0 saturated heterocycles. The Labute approximate surface area is 312 Å². The molecule has 0 saturated carbocycles. The van der Waals surface area contributed by atoms with Crippen molar-refractivity contribution < 1.29 is 0 Å². The van der Waals surface area contributed by atoms with Crippen LogP contribution in [0.1, 0.15) is 140 Å². The lowest BCUT2D eigenvalue weighted by Crippen LogP contribution is -2.40. The minimum absolute atomic E-state index is 0.160. The first-order valence-electron chi connectivity index (χ1n) is 20.3. The molecule has 268 valence electrons. The third-order valence-electron chi connectivity index (χ3n) is 12.1. The lowest BCUT2D eigenvalue weighted by molar-refractivity contribution is 0.590. The third-order valence-corrected chi connectivity index (χ3v) is 17.6. The molecule has 4 aromatic rings. The minimum Gasteiger partial charge on any atom is -0.0709 e. The van der Waals surface area contributed by atoms with Crippen LogP contribution in [0.2, 0.25) is 12.1 Å². The monoisotopic (exact) mass is 692 g/mol. The van der Waals surface area contributed by atoms with Gasteiger partial charge in [-0.15, -0.1) is 0 Å². The number of benzene rings is 4. The zero-order chi connectivity index (χ0) is 36.2. The highest BCUT2D eigenvalue weighted by atomic mass is 28.3. The third kappa shape index (κ3) is 8.15. The van der Waals surface area contributed by atoms with Gasteiger partial charge in [0.25, 0.3) is 0 Å². The lowest BCUT2D eigenvalue weighted by Gasteiger charge is -2.36. The first kappa shape index (κ1) is 37.3. The molecule has 0 atom stereocenters. The quantitative estimate of drug-likeness (QED) is 0.0911. The van der Waals surface area contributed by atoms with Crippen LogP contribution in [0.4, 0.5) is 0 Å². The van der Waals surface area contributed by atoms with Crippen molar-refractivity contribution in [2.45, 2.75) is 143 Å². The van der Waals surface area contributed by atoms with E-state index in [-0.39, 0.29) is 10.8 Å². The van der Waals surface area contributed by atoms with Crippen LogP contribution in [0.15, 0.2) is 95.3 Å². The largest absolute Gasteiger partial charge is 0.109 e. The van der Waals surface area contributed by atoms with Crippen LogP contribution in [0, 0.1) is 0 Å². The van der Waals surface area contributed by atoms with Crippen LogP contribution in [0.5, 0.6) is 0 Å². The van der Waals surface area contributed by atoms with E-state index in [1.54, 1.807) is 10.4 Å². The number of allylic oxidation sites excluding steroid dienone is 2. The summed E-state index contributed by atoms with van der Waals surface area (Å²) in [5.74, 6) is 0. The van der Waals surface area contributed by atoms with Crippen molar-refractivity contribution in [3.8, 4) is 22.3 Å². The summed E-state index contributed by atoms with van der Waals surface area (Å²) < 4.78 is 0. The van der Waals surface area contributed by atoms with E-state index < -0.39 is 8.07 Å². The highest BCUT2D eigenvalue weighted by Crippen LogP contribution is 2.48. The summed E-state index contributed by atoms with van der Waals surface area (Å²) in [4.78, 5) is 0. The van der Waals surface area contributed by atoms with E-state index in [1.165, 1.54) is 119 Å². The van der Waals surface area contributed by atoms with Crippen molar-refractivity contribution in [3.05, 3.63) is 129 Å². The number of rotatable bonds is 14. The number of fused-ring (bicyclic) bond motifs is 2. The molecule has 2 aliphatic carbocycles. The van der Waals surface area contributed by atoms with Crippen LogP contribution in [0.3, 0.4) is 0 Å². The van der Waals surface area contributed by atoms with Gasteiger partial charge in [-0.3, -0.25) is 0 Å². The fraction of sp³-hybridized carbons (Fsp3) is 0.440. The molecule has 4 aromatic carbocycles. The van der Waals surface area contributed by atoms with Crippen molar-refractivity contribution in [2.75, 3.05) is 0 Å². The van der Waals surface area contributed by atoms with E-state index in [0.717, 1.165) is 12.8 Å². The topological polar surface area (TPSA) is 0 Å². The second-order valence-corrected chi connectivity index (χ2v) is 22.3. The standard InChI is InChI=1S/C50H64Si/c1-9-11-13-15-31-51(32-16-14-12-10-2,43-33-39-19-17-21-45(47(39)35-43)37-23-27-41(28-24-37)49(3,4)5)44-34-40-20-18-22-46(48(40)36-44)38-25-29-42(30-26-38)50(6,7)8/h17-30,35-36H,9-16,31-34H2,1-8H3. The summed E-state index contributed by atoms with van der Waals surface area (Å²) >= 11 is 0. The van der Waals surface area contributed by atoms with Crippen LogP contribution in [0.25, 0.3) is 34.4 Å². The molecule has 0 nitrogen and oxygen atoms in total. The van der Waals surface area contributed by atoms with Gasteiger partial charge in [-0.05, 0) is 91.4 Å². The zero-order valence-corrected chi connectivity index (χ0v) is 34.2. The Hall–Kier alpha value is -3.42. The van der Waals surface area contributed by atoms with E-state index in [2.05, 4.69) is 152 Å². The van der Waals surface area contributed by atoms with Gasteiger partial charge in [0.15, 0.2) is 0 Å². The van der Waals surface area contributed by atoms with E-state index in [4.69, 9.17) is 0 Å². The molecule has 0 N–H and O–H groups in total. The van der Waals surface area contributed by atoms with Gasteiger partial charge in [0, 0.05) is 0 Å². The van der Waals surface area contributed by atoms with Crippen molar-refractivity contribution in [1.82, 2.24) is 0 Å². The van der Waals surface area contributed by atoms with Gasteiger partial charge in [-0.1, -0.05) is 214 Å². The van der Waals surface area contributed by atoms with Gasteiger partial charge in [0.2, 0.25) is 0 Å². The van der Waals surface area contributed by atoms with Crippen LogP contribution in [-0.2, 0) is 23.7 Å². The van der Waals surface area contributed by atoms with Crippen LogP contribution in [-0.4, -0.2) is 8.07 Å². The smallest absolute Gasteiger partial charge is 0.0709 e. The molecule has 0 aromatic heterocycles. The Morgan fingerprint density at radius 3 is 1.22 bits per heavy atom. The molecule has 0 fully saturated rings. The van der Waals surface area contributed by atoms with Crippen molar-refractivity contribution in [3.63, 3.8) is 0 Å². The number of unbranched alkanes of at least 4 members (excludes halogenated alkanes) is 6. The van der Waals surface area contributed by atoms with Crippen molar-refractivity contribution in [1.29, 1.82) is 0 Å². The second-order valence-electron chi connectivity index (χ2n) is 17.8. The molecule has 0 amide bonds.